The van der Waals surface area contributed by atoms with Crippen LogP contribution >= 0.6 is 23.1 Å². The summed E-state index contributed by atoms with van der Waals surface area (Å²) in [6.45, 7) is 28.2. The van der Waals surface area contributed by atoms with Crippen molar-refractivity contribution in [3.8, 4) is 33.8 Å². The molecule has 0 saturated heterocycles. The Bertz CT molecular complexity index is 4390. The molecule has 0 amide bonds. The second-order valence-corrected chi connectivity index (χ2v) is 29.9. The van der Waals surface area contributed by atoms with Crippen molar-refractivity contribution in [3.05, 3.63) is 267 Å². The first-order valence-electron chi connectivity index (χ1n) is 29.3. The van der Waals surface area contributed by atoms with Crippen molar-refractivity contribution in [3.63, 3.8) is 0 Å². The SMILES string of the molecule is CC(C)(C)c1ccc2c(c1)C1(c3cc(C(C)(C)C)ccc3S2)c2ccccc2-c2ccc(N(c3ccc4c(c3)C3(c5ccccc5O4)c4cc(C(C)(C)C)ccc4-c4ccc(C(C)(C)C)cc43)c3cccc4sc5ccccc5c34)cc21. The van der Waals surface area contributed by atoms with Gasteiger partial charge in [-0.2, -0.15) is 0 Å². The highest BCUT2D eigenvalue weighted by atomic mass is 32.2. The third kappa shape index (κ3) is 7.26. The predicted octanol–water partition coefficient (Wildman–Crippen LogP) is 22.0. The Balaban J connectivity index is 1.06. The standard InChI is InChI=1S/C78H69NOS2/c1-73(2,3)46-28-34-53-54-35-29-47(74(4,5)6)41-60(54)78(59(53)40-46)58-23-16-17-25-66(58)80-67-37-33-51(45-62(67)78)79(65-24-19-27-71-72(65)56-21-14-18-26-68(56)81-71)50-32-36-55-52-20-13-15-22-57(52)77(61(55)44-50)63-42-48(75(7,8)9)30-38-69(63)82-70-39-31-49(43-64(70)77)76(10,11)12/h13-45H,1-12H3. The molecule has 0 bridgehead atoms. The normalized spacial score (nSPS) is 15.1. The molecule has 404 valence electrons. The van der Waals surface area contributed by atoms with Gasteiger partial charge in [-0.25, -0.2) is 0 Å². The molecule has 4 heteroatoms. The maximum absolute atomic E-state index is 7.24. The van der Waals surface area contributed by atoms with E-state index in [1.807, 2.05) is 23.1 Å². The monoisotopic (exact) mass is 1100 g/mol. The second-order valence-electron chi connectivity index (χ2n) is 27.7. The van der Waals surface area contributed by atoms with Crippen LogP contribution in [0.4, 0.5) is 17.1 Å². The zero-order valence-electron chi connectivity index (χ0n) is 49.2. The van der Waals surface area contributed by atoms with Gasteiger partial charge >= 0.3 is 0 Å². The van der Waals surface area contributed by atoms with Gasteiger partial charge in [-0.1, -0.05) is 228 Å². The summed E-state index contributed by atoms with van der Waals surface area (Å²) in [6, 6.07) is 77.9. The van der Waals surface area contributed by atoms with Gasteiger partial charge in [-0.3, -0.25) is 0 Å². The summed E-state index contributed by atoms with van der Waals surface area (Å²) in [6.07, 6.45) is 0. The van der Waals surface area contributed by atoms with E-state index >= 15 is 0 Å². The summed E-state index contributed by atoms with van der Waals surface area (Å²) in [5, 5.41) is 2.52. The zero-order chi connectivity index (χ0) is 56.6. The highest BCUT2D eigenvalue weighted by molar-refractivity contribution is 7.99. The van der Waals surface area contributed by atoms with Gasteiger partial charge < -0.3 is 9.64 Å². The van der Waals surface area contributed by atoms with Crippen molar-refractivity contribution in [2.75, 3.05) is 4.90 Å². The molecule has 0 saturated carbocycles. The summed E-state index contributed by atoms with van der Waals surface area (Å²) in [5.74, 6) is 1.78. The lowest BCUT2D eigenvalue weighted by Gasteiger charge is -2.42. The van der Waals surface area contributed by atoms with E-state index in [1.165, 1.54) is 113 Å². The maximum atomic E-state index is 7.24. The Hall–Kier alpha value is -7.63. The number of rotatable bonds is 3. The first-order valence-corrected chi connectivity index (χ1v) is 30.9. The van der Waals surface area contributed by atoms with Gasteiger partial charge in [0, 0.05) is 52.5 Å². The van der Waals surface area contributed by atoms with Crippen molar-refractivity contribution in [1.82, 2.24) is 0 Å². The van der Waals surface area contributed by atoms with Crippen LogP contribution in [0.3, 0.4) is 0 Å². The van der Waals surface area contributed by atoms with E-state index in [-0.39, 0.29) is 21.7 Å². The summed E-state index contributed by atoms with van der Waals surface area (Å²) >= 11 is 3.81. The highest BCUT2D eigenvalue weighted by Gasteiger charge is 2.54. The van der Waals surface area contributed by atoms with Crippen LogP contribution in [-0.4, -0.2) is 0 Å². The van der Waals surface area contributed by atoms with Crippen LogP contribution < -0.4 is 9.64 Å². The van der Waals surface area contributed by atoms with Crippen LogP contribution in [0, 0.1) is 0 Å². The highest BCUT2D eigenvalue weighted by Crippen LogP contribution is 2.66. The van der Waals surface area contributed by atoms with Crippen molar-refractivity contribution in [1.29, 1.82) is 0 Å². The second kappa shape index (κ2) is 17.5. The average Bonchev–Trinajstić information content (AvgIpc) is 1.51. The Morgan fingerprint density at radius 3 is 1.39 bits per heavy atom. The van der Waals surface area contributed by atoms with Crippen LogP contribution in [0.1, 0.15) is 150 Å². The van der Waals surface area contributed by atoms with Crippen LogP contribution in [0.25, 0.3) is 42.4 Å². The first-order chi connectivity index (χ1) is 39.1. The van der Waals surface area contributed by atoms with Crippen LogP contribution in [-0.2, 0) is 32.5 Å². The van der Waals surface area contributed by atoms with Crippen molar-refractivity contribution in [2.24, 2.45) is 0 Å². The van der Waals surface area contributed by atoms with E-state index in [0.29, 0.717) is 0 Å². The van der Waals surface area contributed by atoms with Gasteiger partial charge in [0.05, 0.1) is 16.5 Å². The number of thiophene rings is 1. The van der Waals surface area contributed by atoms with Gasteiger partial charge in [0.25, 0.3) is 0 Å². The quantitative estimate of drug-likeness (QED) is 0.175. The van der Waals surface area contributed by atoms with E-state index in [4.69, 9.17) is 4.74 Å². The molecule has 4 aliphatic rings. The molecule has 0 atom stereocenters. The molecule has 3 heterocycles. The molecule has 1 aromatic heterocycles. The number of anilines is 3. The van der Waals surface area contributed by atoms with Gasteiger partial charge in [0.15, 0.2) is 0 Å². The van der Waals surface area contributed by atoms with E-state index in [1.54, 1.807) is 0 Å². The van der Waals surface area contributed by atoms with Gasteiger partial charge in [0.1, 0.15) is 11.5 Å². The summed E-state index contributed by atoms with van der Waals surface area (Å²) in [7, 11) is 0. The van der Waals surface area contributed by atoms with Gasteiger partial charge in [-0.05, 0) is 166 Å². The average molecular weight is 1100 g/mol. The molecule has 10 aromatic carbocycles. The molecule has 2 spiro atoms. The minimum Gasteiger partial charge on any atom is -0.457 e. The van der Waals surface area contributed by atoms with Crippen LogP contribution in [0.2, 0.25) is 0 Å². The zero-order valence-corrected chi connectivity index (χ0v) is 50.9. The topological polar surface area (TPSA) is 12.5 Å². The van der Waals surface area contributed by atoms with Crippen LogP contribution in [0.5, 0.6) is 11.5 Å². The number of nitrogens with zero attached hydrogens (tertiary/aromatic N) is 1. The van der Waals surface area contributed by atoms with E-state index < -0.39 is 10.8 Å². The fraction of sp³-hybridized carbons (Fsp3) is 0.231. The van der Waals surface area contributed by atoms with Gasteiger partial charge in [0.2, 0.25) is 0 Å². The number of benzene rings is 10. The lowest BCUT2D eigenvalue weighted by molar-refractivity contribution is 0.436. The minimum absolute atomic E-state index is 0.0625. The molecular formula is C78H69NOS2. The molecule has 2 aliphatic carbocycles. The fourth-order valence-electron chi connectivity index (χ4n) is 14.4. The van der Waals surface area contributed by atoms with E-state index in [9.17, 15) is 0 Å². The predicted molar refractivity (Wildman–Crippen MR) is 348 cm³/mol. The fourth-order valence-corrected chi connectivity index (χ4v) is 16.7. The lowest BCUT2D eigenvalue weighted by Crippen LogP contribution is -2.33. The largest absolute Gasteiger partial charge is 0.457 e. The Morgan fingerprint density at radius 2 is 0.780 bits per heavy atom. The Kier molecular flexibility index (Phi) is 10.9. The molecule has 0 radical (unpaired) electrons. The molecule has 82 heavy (non-hydrogen) atoms. The molecule has 0 unspecified atom stereocenters. The molecule has 15 rings (SSSR count). The summed E-state index contributed by atoms with van der Waals surface area (Å²) in [5.41, 5.74) is 22.5. The number of hydrogen-bond donors (Lipinski definition) is 0. The molecular weight excluding hydrogens is 1030 g/mol. The van der Waals surface area contributed by atoms with Crippen molar-refractivity contribution in [2.45, 2.75) is 125 Å². The number of ether oxygens (including phenoxy) is 1. The third-order valence-corrected chi connectivity index (χ3v) is 20.9. The van der Waals surface area contributed by atoms with E-state index in [2.05, 4.69) is 288 Å². The van der Waals surface area contributed by atoms with Crippen molar-refractivity contribution >= 4 is 60.3 Å². The minimum atomic E-state index is -0.702. The number of para-hydroxylation sites is 1. The Labute approximate surface area is 492 Å². The van der Waals surface area contributed by atoms with Gasteiger partial charge in [-0.15, -0.1) is 11.3 Å². The molecule has 0 N–H and O–H groups in total. The summed E-state index contributed by atoms with van der Waals surface area (Å²) in [4.78, 5) is 5.22. The number of hydrogen-bond acceptors (Lipinski definition) is 4. The molecule has 0 fully saturated rings. The smallest absolute Gasteiger partial charge is 0.132 e. The molecule has 11 aromatic rings. The van der Waals surface area contributed by atoms with Crippen molar-refractivity contribution < 1.29 is 4.74 Å². The number of fused-ring (bicyclic) bond motifs is 21. The summed E-state index contributed by atoms with van der Waals surface area (Å²) < 4.78 is 9.78. The lowest BCUT2D eigenvalue weighted by atomic mass is 9.65. The molecule has 2 aliphatic heterocycles. The van der Waals surface area contributed by atoms with Crippen LogP contribution in [0.15, 0.2) is 210 Å². The Morgan fingerprint density at radius 1 is 0.341 bits per heavy atom. The first kappa shape index (κ1) is 51.3. The maximum Gasteiger partial charge on any atom is 0.132 e. The van der Waals surface area contributed by atoms with E-state index in [0.717, 1.165) is 34.1 Å². The third-order valence-electron chi connectivity index (χ3n) is 18.6. The molecule has 2 nitrogen and oxygen atoms in total.